The Balaban J connectivity index is 1.47. The quantitative estimate of drug-likeness (QED) is 0.866. The van der Waals surface area contributed by atoms with Gasteiger partial charge in [0.2, 0.25) is 5.95 Å². The van der Waals surface area contributed by atoms with Crippen LogP contribution < -0.4 is 9.80 Å². The average Bonchev–Trinajstić information content (AvgIpc) is 3.26. The molecule has 8 heteroatoms. The molecular weight excluding hydrogens is 332 g/mol. The summed E-state index contributed by atoms with van der Waals surface area (Å²) >= 11 is 0. The molecular formula is C18H24N6O2. The SMILES string of the molecule is Cc1cc2n(n1)CCN(c1cc([C@@H]3CCOC3)nc(N3CC(O)C3)n1)C2. The number of aliphatic hydroxyl groups excluding tert-OH is 1. The van der Waals surface area contributed by atoms with Gasteiger partial charge in [0.15, 0.2) is 0 Å². The minimum absolute atomic E-state index is 0.271. The molecule has 0 unspecified atom stereocenters. The van der Waals surface area contributed by atoms with E-state index < -0.39 is 0 Å². The number of aryl methyl sites for hydroxylation is 1. The number of rotatable bonds is 3. The van der Waals surface area contributed by atoms with Gasteiger partial charge in [0.25, 0.3) is 0 Å². The minimum atomic E-state index is -0.271. The van der Waals surface area contributed by atoms with E-state index >= 15 is 0 Å². The van der Waals surface area contributed by atoms with E-state index in [1.54, 1.807) is 0 Å². The number of ether oxygens (including phenoxy) is 1. The van der Waals surface area contributed by atoms with E-state index in [4.69, 9.17) is 14.7 Å². The van der Waals surface area contributed by atoms with Gasteiger partial charge in [-0.2, -0.15) is 10.1 Å². The van der Waals surface area contributed by atoms with Crippen LogP contribution >= 0.6 is 0 Å². The molecule has 0 bridgehead atoms. The van der Waals surface area contributed by atoms with Crippen LogP contribution in [0.25, 0.3) is 0 Å². The van der Waals surface area contributed by atoms with Crippen LogP contribution in [0.5, 0.6) is 0 Å². The van der Waals surface area contributed by atoms with Crippen LogP contribution in [0, 0.1) is 6.92 Å². The summed E-state index contributed by atoms with van der Waals surface area (Å²) in [6.07, 6.45) is 0.734. The molecule has 2 aromatic rings. The number of hydrogen-bond donors (Lipinski definition) is 1. The molecule has 2 aromatic heterocycles. The average molecular weight is 356 g/mol. The molecule has 2 saturated heterocycles. The molecule has 26 heavy (non-hydrogen) atoms. The van der Waals surface area contributed by atoms with E-state index in [1.165, 1.54) is 5.69 Å². The fourth-order valence-electron chi connectivity index (χ4n) is 3.94. The van der Waals surface area contributed by atoms with Gasteiger partial charge in [-0.15, -0.1) is 0 Å². The van der Waals surface area contributed by atoms with Crippen molar-refractivity contribution in [2.45, 2.75) is 38.5 Å². The highest BCUT2D eigenvalue weighted by atomic mass is 16.5. The van der Waals surface area contributed by atoms with Crippen LogP contribution in [0.2, 0.25) is 0 Å². The van der Waals surface area contributed by atoms with E-state index in [0.717, 1.165) is 62.4 Å². The van der Waals surface area contributed by atoms with Crippen molar-refractivity contribution >= 4 is 11.8 Å². The Morgan fingerprint density at radius 1 is 1.15 bits per heavy atom. The second-order valence-electron chi connectivity index (χ2n) is 7.49. The van der Waals surface area contributed by atoms with Crippen LogP contribution in [0.4, 0.5) is 11.8 Å². The van der Waals surface area contributed by atoms with Crippen molar-refractivity contribution in [1.29, 1.82) is 0 Å². The van der Waals surface area contributed by atoms with Crippen molar-refractivity contribution in [1.82, 2.24) is 19.7 Å². The first-order valence-corrected chi connectivity index (χ1v) is 9.34. The summed E-state index contributed by atoms with van der Waals surface area (Å²) in [5, 5.41) is 14.2. The zero-order valence-corrected chi connectivity index (χ0v) is 15.0. The Kier molecular flexibility index (Phi) is 3.82. The third-order valence-electron chi connectivity index (χ3n) is 5.46. The Bertz CT molecular complexity index is 810. The summed E-state index contributed by atoms with van der Waals surface area (Å²) in [5.41, 5.74) is 3.33. The van der Waals surface area contributed by atoms with E-state index in [-0.39, 0.29) is 6.10 Å². The van der Waals surface area contributed by atoms with E-state index in [1.807, 2.05) is 11.8 Å². The van der Waals surface area contributed by atoms with Crippen molar-refractivity contribution in [2.75, 3.05) is 42.6 Å². The van der Waals surface area contributed by atoms with Gasteiger partial charge in [0.05, 0.1) is 42.9 Å². The summed E-state index contributed by atoms with van der Waals surface area (Å²) in [6.45, 7) is 7.33. The van der Waals surface area contributed by atoms with Crippen molar-refractivity contribution in [3.8, 4) is 0 Å². The van der Waals surface area contributed by atoms with Gasteiger partial charge in [-0.1, -0.05) is 0 Å². The Morgan fingerprint density at radius 3 is 2.81 bits per heavy atom. The number of aliphatic hydroxyl groups is 1. The molecule has 3 aliphatic rings. The number of aromatic nitrogens is 4. The lowest BCUT2D eigenvalue weighted by Gasteiger charge is -2.37. The van der Waals surface area contributed by atoms with Crippen molar-refractivity contribution < 1.29 is 9.84 Å². The summed E-state index contributed by atoms with van der Waals surface area (Å²) in [5.74, 6) is 2.02. The standard InChI is InChI=1S/C18H24N6O2/c1-12-6-14-8-22(3-4-24(14)21-12)17-7-16(13-2-5-26-11-13)19-18(20-17)23-9-15(25)10-23/h6-7,13,15,25H,2-5,8-11H2,1H3/t13-/m1/s1. The largest absolute Gasteiger partial charge is 0.389 e. The van der Waals surface area contributed by atoms with Crippen LogP contribution in [0.3, 0.4) is 0 Å². The lowest BCUT2D eigenvalue weighted by Crippen LogP contribution is -2.51. The van der Waals surface area contributed by atoms with Gasteiger partial charge in [-0.05, 0) is 19.4 Å². The third-order valence-corrected chi connectivity index (χ3v) is 5.46. The van der Waals surface area contributed by atoms with Gasteiger partial charge >= 0.3 is 0 Å². The number of hydrogen-bond acceptors (Lipinski definition) is 7. The number of β-amino-alcohol motifs (C(OH)–C–C–N with tert-alkyl or cyclic N) is 1. The molecule has 5 heterocycles. The maximum atomic E-state index is 9.65. The maximum Gasteiger partial charge on any atom is 0.227 e. The van der Waals surface area contributed by atoms with Crippen LogP contribution in [-0.2, 0) is 17.8 Å². The first kappa shape index (κ1) is 16.0. The molecule has 0 radical (unpaired) electrons. The second kappa shape index (κ2) is 6.21. The number of nitrogens with zero attached hydrogens (tertiary/aromatic N) is 6. The lowest BCUT2D eigenvalue weighted by atomic mass is 10.0. The van der Waals surface area contributed by atoms with Gasteiger partial charge in [0, 0.05) is 38.2 Å². The highest BCUT2D eigenvalue weighted by molar-refractivity contribution is 5.49. The van der Waals surface area contributed by atoms with E-state index in [9.17, 15) is 5.11 Å². The molecule has 0 saturated carbocycles. The smallest absolute Gasteiger partial charge is 0.227 e. The molecule has 1 atom stereocenters. The van der Waals surface area contributed by atoms with Crippen LogP contribution in [-0.4, -0.2) is 63.8 Å². The number of fused-ring (bicyclic) bond motifs is 1. The molecule has 0 aromatic carbocycles. The van der Waals surface area contributed by atoms with Crippen LogP contribution in [0.1, 0.15) is 29.4 Å². The molecule has 138 valence electrons. The van der Waals surface area contributed by atoms with Crippen molar-refractivity contribution in [3.63, 3.8) is 0 Å². The monoisotopic (exact) mass is 356 g/mol. The second-order valence-corrected chi connectivity index (χ2v) is 7.49. The summed E-state index contributed by atoms with van der Waals surface area (Å²) in [6, 6.07) is 4.27. The molecule has 1 N–H and O–H groups in total. The zero-order valence-electron chi connectivity index (χ0n) is 15.0. The first-order chi connectivity index (χ1) is 12.7. The van der Waals surface area contributed by atoms with Gasteiger partial charge in [-0.25, -0.2) is 4.98 Å². The predicted molar refractivity (Wildman–Crippen MR) is 96.4 cm³/mol. The summed E-state index contributed by atoms with van der Waals surface area (Å²) in [4.78, 5) is 14.0. The molecule has 0 aliphatic carbocycles. The molecule has 8 nitrogen and oxygen atoms in total. The lowest BCUT2D eigenvalue weighted by molar-refractivity contribution is 0.140. The predicted octanol–water partition coefficient (Wildman–Crippen LogP) is 0.687. The highest BCUT2D eigenvalue weighted by Crippen LogP contribution is 2.30. The van der Waals surface area contributed by atoms with Crippen molar-refractivity contribution in [2.24, 2.45) is 0 Å². The van der Waals surface area contributed by atoms with Crippen LogP contribution in [0.15, 0.2) is 12.1 Å². The Morgan fingerprint density at radius 2 is 2.04 bits per heavy atom. The Hall–Kier alpha value is -2.19. The van der Waals surface area contributed by atoms with Crippen molar-refractivity contribution in [3.05, 3.63) is 29.2 Å². The zero-order chi connectivity index (χ0) is 17.7. The van der Waals surface area contributed by atoms with E-state index in [2.05, 4.69) is 26.8 Å². The first-order valence-electron chi connectivity index (χ1n) is 9.34. The fraction of sp³-hybridized carbons (Fsp3) is 0.611. The summed E-state index contributed by atoms with van der Waals surface area (Å²) in [7, 11) is 0. The molecule has 2 fully saturated rings. The topological polar surface area (TPSA) is 79.5 Å². The fourth-order valence-corrected chi connectivity index (χ4v) is 3.94. The molecule has 3 aliphatic heterocycles. The number of anilines is 2. The summed E-state index contributed by atoms with van der Waals surface area (Å²) < 4.78 is 7.65. The molecule has 0 spiro atoms. The van der Waals surface area contributed by atoms with E-state index in [0.29, 0.717) is 19.0 Å². The van der Waals surface area contributed by atoms with Gasteiger partial charge in [-0.3, -0.25) is 4.68 Å². The molecule has 0 amide bonds. The normalized spacial score (nSPS) is 23.2. The maximum absolute atomic E-state index is 9.65. The Labute approximate surface area is 152 Å². The van der Waals surface area contributed by atoms with Gasteiger partial charge < -0.3 is 19.6 Å². The third kappa shape index (κ3) is 2.83. The van der Waals surface area contributed by atoms with Gasteiger partial charge in [0.1, 0.15) is 5.82 Å². The minimum Gasteiger partial charge on any atom is -0.389 e. The molecule has 5 rings (SSSR count). The highest BCUT2D eigenvalue weighted by Gasteiger charge is 2.30.